The minimum absolute atomic E-state index is 0.0214. The van der Waals surface area contributed by atoms with Gasteiger partial charge in [-0.3, -0.25) is 4.68 Å². The maximum absolute atomic E-state index is 5.95. The zero-order valence-electron chi connectivity index (χ0n) is 11.8. The number of aromatic nitrogens is 2. The van der Waals surface area contributed by atoms with Crippen molar-refractivity contribution in [1.82, 2.24) is 9.78 Å². The van der Waals surface area contributed by atoms with Gasteiger partial charge in [0.05, 0.1) is 13.2 Å². The van der Waals surface area contributed by atoms with E-state index >= 15 is 0 Å². The second kappa shape index (κ2) is 5.89. The van der Waals surface area contributed by atoms with E-state index in [0.29, 0.717) is 13.2 Å². The molecule has 2 aromatic rings. The molecule has 0 radical (unpaired) electrons. The van der Waals surface area contributed by atoms with Crippen molar-refractivity contribution in [2.75, 3.05) is 6.61 Å². The molecule has 0 amide bonds. The Balaban J connectivity index is 2.34. The van der Waals surface area contributed by atoms with Crippen LogP contribution in [-0.4, -0.2) is 16.4 Å². The van der Waals surface area contributed by atoms with Crippen LogP contribution in [0, 0.1) is 6.92 Å². The van der Waals surface area contributed by atoms with Crippen LogP contribution in [0.2, 0.25) is 0 Å². The predicted octanol–water partition coefficient (Wildman–Crippen LogP) is 2.66. The molecule has 1 heterocycles. The van der Waals surface area contributed by atoms with Crippen LogP contribution in [-0.2, 0) is 6.54 Å². The number of benzene rings is 1. The number of hydrogen-bond donors (Lipinski definition) is 1. The zero-order chi connectivity index (χ0) is 13.8. The van der Waals surface area contributed by atoms with E-state index in [1.807, 2.05) is 49.8 Å². The third kappa shape index (κ3) is 3.15. The van der Waals surface area contributed by atoms with Gasteiger partial charge in [0.2, 0.25) is 0 Å². The van der Waals surface area contributed by atoms with Crippen LogP contribution >= 0.6 is 0 Å². The number of nitrogens with two attached hydrogens (primary N) is 1. The first-order valence-corrected chi connectivity index (χ1v) is 6.61. The Labute approximate surface area is 114 Å². The van der Waals surface area contributed by atoms with E-state index in [0.717, 1.165) is 22.6 Å². The molecule has 0 saturated heterocycles. The molecule has 0 spiro atoms. The van der Waals surface area contributed by atoms with Crippen LogP contribution in [0.4, 0.5) is 0 Å². The van der Waals surface area contributed by atoms with Crippen LogP contribution in [0.1, 0.15) is 36.7 Å². The molecule has 1 unspecified atom stereocenters. The Morgan fingerprint density at radius 1 is 1.37 bits per heavy atom. The Bertz CT molecular complexity index is 546. The first-order chi connectivity index (χ1) is 9.11. The Morgan fingerprint density at radius 3 is 2.74 bits per heavy atom. The van der Waals surface area contributed by atoms with Gasteiger partial charge < -0.3 is 10.5 Å². The van der Waals surface area contributed by atoms with E-state index in [4.69, 9.17) is 10.5 Å². The Kier molecular flexibility index (Phi) is 4.22. The lowest BCUT2D eigenvalue weighted by Gasteiger charge is -2.14. The minimum Gasteiger partial charge on any atom is -0.494 e. The topological polar surface area (TPSA) is 53.1 Å². The first-order valence-electron chi connectivity index (χ1n) is 6.61. The normalized spacial score (nSPS) is 12.4. The third-order valence-corrected chi connectivity index (χ3v) is 3.16. The largest absolute Gasteiger partial charge is 0.494 e. The minimum atomic E-state index is 0.0214. The van der Waals surface area contributed by atoms with E-state index in [1.165, 1.54) is 0 Å². The second-order valence-corrected chi connectivity index (χ2v) is 4.72. The van der Waals surface area contributed by atoms with Crippen molar-refractivity contribution in [1.29, 1.82) is 0 Å². The predicted molar refractivity (Wildman–Crippen MR) is 76.3 cm³/mol. The van der Waals surface area contributed by atoms with Gasteiger partial charge in [-0.25, -0.2) is 0 Å². The van der Waals surface area contributed by atoms with Crippen LogP contribution in [0.25, 0.3) is 0 Å². The van der Waals surface area contributed by atoms with E-state index in [2.05, 4.69) is 11.2 Å². The highest BCUT2D eigenvalue weighted by molar-refractivity contribution is 5.38. The van der Waals surface area contributed by atoms with Gasteiger partial charge in [0.25, 0.3) is 0 Å². The molecule has 102 valence electrons. The maximum atomic E-state index is 5.95. The molecule has 1 aromatic carbocycles. The average Bonchev–Trinajstić information content (AvgIpc) is 2.77. The fourth-order valence-electron chi connectivity index (χ4n) is 2.03. The molecule has 4 nitrogen and oxygen atoms in total. The summed E-state index contributed by atoms with van der Waals surface area (Å²) in [4.78, 5) is 0. The summed E-state index contributed by atoms with van der Waals surface area (Å²) in [5.74, 6) is 0.904. The summed E-state index contributed by atoms with van der Waals surface area (Å²) in [6.07, 6.45) is 1.81. The van der Waals surface area contributed by atoms with E-state index in [1.54, 1.807) is 0 Å². The summed E-state index contributed by atoms with van der Waals surface area (Å²) in [7, 11) is 0. The third-order valence-electron chi connectivity index (χ3n) is 3.16. The van der Waals surface area contributed by atoms with Crippen LogP contribution in [0.15, 0.2) is 30.5 Å². The summed E-state index contributed by atoms with van der Waals surface area (Å²) in [6, 6.07) is 8.14. The standard InChI is InChI=1S/C15H21N3O/c1-4-19-15-6-5-13(12(3)16)9-14(15)10-18-11(2)7-8-17-18/h5-9,12H,4,10,16H2,1-3H3. The molecule has 2 rings (SSSR count). The molecule has 1 aromatic heterocycles. The molecule has 2 N–H and O–H groups in total. The zero-order valence-corrected chi connectivity index (χ0v) is 11.8. The monoisotopic (exact) mass is 259 g/mol. The number of aryl methyl sites for hydroxylation is 1. The SMILES string of the molecule is CCOc1ccc(C(C)N)cc1Cn1nccc1C. The van der Waals surface area contributed by atoms with Gasteiger partial charge in [0.1, 0.15) is 5.75 Å². The highest BCUT2D eigenvalue weighted by Gasteiger charge is 2.09. The molecule has 1 atom stereocenters. The molecule has 0 aliphatic rings. The summed E-state index contributed by atoms with van der Waals surface area (Å²) in [6.45, 7) is 7.38. The van der Waals surface area contributed by atoms with Crippen molar-refractivity contribution < 1.29 is 4.74 Å². The summed E-state index contributed by atoms with van der Waals surface area (Å²) in [5.41, 5.74) is 9.31. The molecule has 0 aliphatic heterocycles. The van der Waals surface area contributed by atoms with Gasteiger partial charge in [-0.05, 0) is 44.5 Å². The van der Waals surface area contributed by atoms with Gasteiger partial charge in [-0.15, -0.1) is 0 Å². The van der Waals surface area contributed by atoms with Gasteiger partial charge in [-0.1, -0.05) is 6.07 Å². The molecule has 0 fully saturated rings. The van der Waals surface area contributed by atoms with Gasteiger partial charge >= 0.3 is 0 Å². The Morgan fingerprint density at radius 2 is 2.16 bits per heavy atom. The molecule has 0 saturated carbocycles. The summed E-state index contributed by atoms with van der Waals surface area (Å²) in [5, 5.41) is 4.32. The fourth-order valence-corrected chi connectivity index (χ4v) is 2.03. The molecule has 0 aliphatic carbocycles. The fraction of sp³-hybridized carbons (Fsp3) is 0.400. The van der Waals surface area contributed by atoms with Crippen LogP contribution in [0.5, 0.6) is 5.75 Å². The molecular weight excluding hydrogens is 238 g/mol. The van der Waals surface area contributed by atoms with Crippen molar-refractivity contribution >= 4 is 0 Å². The molecule has 0 bridgehead atoms. The maximum Gasteiger partial charge on any atom is 0.124 e. The van der Waals surface area contributed by atoms with E-state index in [9.17, 15) is 0 Å². The van der Waals surface area contributed by atoms with Crippen molar-refractivity contribution in [2.45, 2.75) is 33.4 Å². The molecule has 19 heavy (non-hydrogen) atoms. The van der Waals surface area contributed by atoms with Crippen LogP contribution < -0.4 is 10.5 Å². The second-order valence-electron chi connectivity index (χ2n) is 4.72. The lowest BCUT2D eigenvalue weighted by Crippen LogP contribution is -2.09. The van der Waals surface area contributed by atoms with E-state index in [-0.39, 0.29) is 6.04 Å². The van der Waals surface area contributed by atoms with Gasteiger partial charge in [-0.2, -0.15) is 5.10 Å². The average molecular weight is 259 g/mol. The van der Waals surface area contributed by atoms with Crippen molar-refractivity contribution in [3.8, 4) is 5.75 Å². The number of nitrogens with zero attached hydrogens (tertiary/aromatic N) is 2. The van der Waals surface area contributed by atoms with Crippen molar-refractivity contribution in [3.05, 3.63) is 47.3 Å². The lowest BCUT2D eigenvalue weighted by molar-refractivity contribution is 0.335. The van der Waals surface area contributed by atoms with Gasteiger partial charge in [0, 0.05) is 23.5 Å². The summed E-state index contributed by atoms with van der Waals surface area (Å²) < 4.78 is 7.64. The highest BCUT2D eigenvalue weighted by Crippen LogP contribution is 2.24. The number of hydrogen-bond acceptors (Lipinski definition) is 3. The molecular formula is C15H21N3O. The Hall–Kier alpha value is -1.81. The number of ether oxygens (including phenoxy) is 1. The first kappa shape index (κ1) is 13.6. The van der Waals surface area contributed by atoms with Crippen LogP contribution in [0.3, 0.4) is 0 Å². The smallest absolute Gasteiger partial charge is 0.124 e. The lowest BCUT2D eigenvalue weighted by atomic mass is 10.0. The van der Waals surface area contributed by atoms with Crippen molar-refractivity contribution in [3.63, 3.8) is 0 Å². The van der Waals surface area contributed by atoms with Crippen molar-refractivity contribution in [2.24, 2.45) is 5.73 Å². The van der Waals surface area contributed by atoms with Gasteiger partial charge in [0.15, 0.2) is 0 Å². The molecule has 4 heteroatoms. The van der Waals surface area contributed by atoms with E-state index < -0.39 is 0 Å². The number of rotatable bonds is 5. The highest BCUT2D eigenvalue weighted by atomic mass is 16.5. The quantitative estimate of drug-likeness (QED) is 0.898. The summed E-state index contributed by atoms with van der Waals surface area (Å²) >= 11 is 0.